The Morgan fingerprint density at radius 1 is 1.17 bits per heavy atom. The molecule has 3 N–H and O–H groups in total. The topological polar surface area (TPSA) is 74.3 Å². The number of aliphatic imine (C=N–C) groups is 1. The van der Waals surface area contributed by atoms with E-state index >= 15 is 0 Å². The third-order valence-electron chi connectivity index (χ3n) is 5.43. The average Bonchev–Trinajstić information content (AvgIpc) is 3.42. The summed E-state index contributed by atoms with van der Waals surface area (Å²) in [4.78, 5) is 12.1. The molecule has 1 fully saturated rings. The van der Waals surface area contributed by atoms with Crippen LogP contribution in [0.1, 0.15) is 36.8 Å². The number of hydrogen-bond acceptors (Lipinski definition) is 3. The lowest BCUT2D eigenvalue weighted by molar-refractivity contribution is 0.201. The molecule has 29 heavy (non-hydrogen) atoms. The number of aromatic amines is 1. The Kier molecular flexibility index (Phi) is 6.29. The highest BCUT2D eigenvalue weighted by atomic mass is 16.5. The summed E-state index contributed by atoms with van der Waals surface area (Å²) in [6.45, 7) is 1.48. The smallest absolute Gasteiger partial charge is 0.213 e. The molecule has 0 radical (unpaired) electrons. The monoisotopic (exact) mass is 391 g/mol. The molecule has 6 heteroatoms. The Morgan fingerprint density at radius 3 is 2.83 bits per heavy atom. The van der Waals surface area contributed by atoms with E-state index in [1.807, 2.05) is 12.3 Å². The maximum atomic E-state index is 5.93. The van der Waals surface area contributed by atoms with Crippen molar-refractivity contribution in [3.8, 4) is 5.88 Å². The van der Waals surface area contributed by atoms with Gasteiger partial charge in [0.25, 0.3) is 0 Å². The van der Waals surface area contributed by atoms with E-state index in [-0.39, 0.29) is 0 Å². The van der Waals surface area contributed by atoms with Crippen LogP contribution in [0.15, 0.2) is 53.8 Å². The van der Waals surface area contributed by atoms with Crippen LogP contribution in [0.3, 0.4) is 0 Å². The summed E-state index contributed by atoms with van der Waals surface area (Å²) in [6, 6.07) is 12.4. The van der Waals surface area contributed by atoms with Crippen LogP contribution < -0.4 is 15.4 Å². The largest absolute Gasteiger partial charge is 0.474 e. The van der Waals surface area contributed by atoms with Gasteiger partial charge in [-0.3, -0.25) is 4.99 Å². The first-order valence-electron chi connectivity index (χ1n) is 10.4. The average molecular weight is 392 g/mol. The minimum Gasteiger partial charge on any atom is -0.474 e. The molecule has 2 heterocycles. The number of aromatic nitrogens is 2. The van der Waals surface area contributed by atoms with Crippen LogP contribution in [-0.2, 0) is 13.0 Å². The quantitative estimate of drug-likeness (QED) is 0.423. The highest BCUT2D eigenvalue weighted by molar-refractivity contribution is 5.83. The molecule has 3 aromatic rings. The van der Waals surface area contributed by atoms with Gasteiger partial charge in [-0.05, 0) is 49.3 Å². The predicted molar refractivity (Wildman–Crippen MR) is 117 cm³/mol. The number of H-pyrrole nitrogens is 1. The van der Waals surface area contributed by atoms with Crippen LogP contribution in [-0.4, -0.2) is 35.6 Å². The maximum Gasteiger partial charge on any atom is 0.213 e. The number of pyridine rings is 1. The van der Waals surface area contributed by atoms with E-state index < -0.39 is 0 Å². The fourth-order valence-electron chi connectivity index (χ4n) is 3.82. The van der Waals surface area contributed by atoms with Crippen molar-refractivity contribution in [2.24, 2.45) is 4.99 Å². The SMILES string of the molecule is CN=C(NCCc1c[nH]c2ccccc12)NCc1ccc(OC2CCCC2)nc1. The molecule has 2 aromatic heterocycles. The molecule has 1 saturated carbocycles. The van der Waals surface area contributed by atoms with E-state index in [1.165, 1.54) is 29.3 Å². The van der Waals surface area contributed by atoms with Crippen molar-refractivity contribution in [3.63, 3.8) is 0 Å². The van der Waals surface area contributed by atoms with Gasteiger partial charge in [-0.1, -0.05) is 24.3 Å². The standard InChI is InChI=1S/C23H29N5O/c1-24-23(25-13-12-18-16-26-21-9-5-4-8-20(18)21)28-15-17-10-11-22(27-14-17)29-19-6-2-3-7-19/h4-5,8-11,14,16,19,26H,2-3,6-7,12-13,15H2,1H3,(H2,24,25,28). The van der Waals surface area contributed by atoms with Crippen molar-refractivity contribution in [2.75, 3.05) is 13.6 Å². The summed E-state index contributed by atoms with van der Waals surface area (Å²) < 4.78 is 5.93. The normalized spacial score (nSPS) is 15.0. The van der Waals surface area contributed by atoms with Crippen molar-refractivity contribution in [3.05, 3.63) is 59.9 Å². The summed E-state index contributed by atoms with van der Waals surface area (Å²) in [5, 5.41) is 8.01. The van der Waals surface area contributed by atoms with Gasteiger partial charge >= 0.3 is 0 Å². The summed E-state index contributed by atoms with van der Waals surface area (Å²) in [6.07, 6.45) is 10.0. The number of para-hydroxylation sites is 1. The van der Waals surface area contributed by atoms with Crippen LogP contribution in [0.4, 0.5) is 0 Å². The number of hydrogen-bond donors (Lipinski definition) is 3. The summed E-state index contributed by atoms with van der Waals surface area (Å²) in [5.41, 5.74) is 3.59. The second-order valence-corrected chi connectivity index (χ2v) is 7.49. The highest BCUT2D eigenvalue weighted by Gasteiger charge is 2.16. The summed E-state index contributed by atoms with van der Waals surface area (Å²) in [7, 11) is 1.79. The van der Waals surface area contributed by atoms with Gasteiger partial charge in [-0.2, -0.15) is 0 Å². The molecular formula is C23H29N5O. The lowest BCUT2D eigenvalue weighted by atomic mass is 10.1. The van der Waals surface area contributed by atoms with Crippen molar-refractivity contribution in [2.45, 2.75) is 44.8 Å². The van der Waals surface area contributed by atoms with E-state index in [0.29, 0.717) is 12.6 Å². The molecule has 152 valence electrons. The zero-order chi connectivity index (χ0) is 19.9. The van der Waals surface area contributed by atoms with Gasteiger partial charge in [0.05, 0.1) is 0 Å². The van der Waals surface area contributed by atoms with Crippen molar-refractivity contribution < 1.29 is 4.74 Å². The molecule has 0 unspecified atom stereocenters. The van der Waals surface area contributed by atoms with Crippen molar-refractivity contribution in [1.29, 1.82) is 0 Å². The lowest BCUT2D eigenvalue weighted by Crippen LogP contribution is -2.37. The van der Waals surface area contributed by atoms with Gasteiger partial charge < -0.3 is 20.4 Å². The van der Waals surface area contributed by atoms with Gasteiger partial charge in [0.15, 0.2) is 5.96 Å². The minimum absolute atomic E-state index is 0.339. The van der Waals surface area contributed by atoms with E-state index in [4.69, 9.17) is 4.74 Å². The van der Waals surface area contributed by atoms with Crippen molar-refractivity contribution >= 4 is 16.9 Å². The third kappa shape index (κ3) is 5.08. The molecule has 1 aliphatic carbocycles. The Labute approximate surface area is 171 Å². The number of rotatable bonds is 7. The first-order chi connectivity index (χ1) is 14.3. The molecule has 0 spiro atoms. The molecule has 1 aliphatic rings. The zero-order valence-corrected chi connectivity index (χ0v) is 16.9. The van der Waals surface area contributed by atoms with E-state index in [2.05, 4.69) is 62.1 Å². The summed E-state index contributed by atoms with van der Waals surface area (Å²) in [5.74, 6) is 1.51. The fraction of sp³-hybridized carbons (Fsp3) is 0.391. The molecule has 0 atom stereocenters. The number of nitrogens with one attached hydrogen (secondary N) is 3. The van der Waals surface area contributed by atoms with Gasteiger partial charge in [-0.15, -0.1) is 0 Å². The van der Waals surface area contributed by atoms with Gasteiger partial charge in [0.1, 0.15) is 6.10 Å². The third-order valence-corrected chi connectivity index (χ3v) is 5.43. The molecule has 0 amide bonds. The van der Waals surface area contributed by atoms with Crippen LogP contribution in [0, 0.1) is 0 Å². The van der Waals surface area contributed by atoms with Gasteiger partial charge in [0, 0.05) is 49.5 Å². The number of nitrogens with zero attached hydrogens (tertiary/aromatic N) is 2. The van der Waals surface area contributed by atoms with E-state index in [1.54, 1.807) is 7.05 Å². The molecule has 6 nitrogen and oxygen atoms in total. The molecule has 1 aromatic carbocycles. The lowest BCUT2D eigenvalue weighted by Gasteiger charge is -2.13. The number of guanidine groups is 1. The minimum atomic E-state index is 0.339. The Balaban J connectivity index is 1.23. The molecular weight excluding hydrogens is 362 g/mol. The van der Waals surface area contributed by atoms with E-state index in [0.717, 1.165) is 43.2 Å². The number of benzene rings is 1. The highest BCUT2D eigenvalue weighted by Crippen LogP contribution is 2.22. The molecule has 4 rings (SSSR count). The Hall–Kier alpha value is -3.02. The second-order valence-electron chi connectivity index (χ2n) is 7.49. The molecule has 0 bridgehead atoms. The molecule has 0 saturated heterocycles. The number of ether oxygens (including phenoxy) is 1. The fourth-order valence-corrected chi connectivity index (χ4v) is 3.82. The Morgan fingerprint density at radius 2 is 2.03 bits per heavy atom. The van der Waals surface area contributed by atoms with Crippen LogP contribution in [0.2, 0.25) is 0 Å². The van der Waals surface area contributed by atoms with Crippen LogP contribution in [0.5, 0.6) is 5.88 Å². The van der Waals surface area contributed by atoms with Crippen LogP contribution in [0.25, 0.3) is 10.9 Å². The maximum absolute atomic E-state index is 5.93. The number of fused-ring (bicyclic) bond motifs is 1. The Bertz CT molecular complexity index is 941. The van der Waals surface area contributed by atoms with Gasteiger partial charge in [0.2, 0.25) is 5.88 Å². The second kappa shape index (κ2) is 9.45. The zero-order valence-electron chi connectivity index (χ0n) is 16.9. The van der Waals surface area contributed by atoms with E-state index in [9.17, 15) is 0 Å². The first-order valence-corrected chi connectivity index (χ1v) is 10.4. The van der Waals surface area contributed by atoms with Gasteiger partial charge in [-0.25, -0.2) is 4.98 Å². The predicted octanol–water partition coefficient (Wildman–Crippen LogP) is 3.79. The summed E-state index contributed by atoms with van der Waals surface area (Å²) >= 11 is 0. The van der Waals surface area contributed by atoms with Crippen molar-refractivity contribution in [1.82, 2.24) is 20.6 Å². The van der Waals surface area contributed by atoms with Crippen LogP contribution >= 0.6 is 0 Å². The molecule has 0 aliphatic heterocycles. The first kappa shape index (κ1) is 19.3.